The van der Waals surface area contributed by atoms with Gasteiger partial charge in [0, 0.05) is 12.3 Å². The summed E-state index contributed by atoms with van der Waals surface area (Å²) in [5.41, 5.74) is 1.24. The van der Waals surface area contributed by atoms with Gasteiger partial charge in [0.2, 0.25) is 5.91 Å². The smallest absolute Gasteiger partial charge is 0.331 e. The molecule has 0 aliphatic rings. The number of nitrogens with one attached hydrogen (secondary N) is 1. The van der Waals surface area contributed by atoms with Crippen LogP contribution in [0.15, 0.2) is 107 Å². The second kappa shape index (κ2) is 9.91. The van der Waals surface area contributed by atoms with Gasteiger partial charge in [-0.25, -0.2) is 9.18 Å². The molecule has 0 fully saturated rings. The van der Waals surface area contributed by atoms with Gasteiger partial charge in [-0.2, -0.15) is 0 Å². The van der Waals surface area contributed by atoms with Crippen molar-refractivity contribution >= 4 is 5.91 Å². The van der Waals surface area contributed by atoms with Crippen LogP contribution in [0.5, 0.6) is 0 Å². The van der Waals surface area contributed by atoms with Gasteiger partial charge in [-0.1, -0.05) is 72.8 Å². The molecular weight excluding hydrogens is 421 g/mol. The predicted octanol–water partition coefficient (Wildman–Crippen LogP) is 3.10. The maximum atomic E-state index is 13.4. The van der Waals surface area contributed by atoms with Crippen LogP contribution in [-0.2, 0) is 17.9 Å². The number of halogens is 1. The Morgan fingerprint density at radius 3 is 2.09 bits per heavy atom. The molecule has 1 amide bonds. The van der Waals surface area contributed by atoms with E-state index in [0.29, 0.717) is 5.56 Å². The third-order valence-electron chi connectivity index (χ3n) is 5.28. The Bertz CT molecular complexity index is 1350. The topological polar surface area (TPSA) is 73.1 Å². The molecule has 7 heteroatoms. The molecule has 1 heterocycles. The highest BCUT2D eigenvalue weighted by Crippen LogP contribution is 2.22. The van der Waals surface area contributed by atoms with Crippen LogP contribution in [0.1, 0.15) is 22.7 Å². The second-order valence-electron chi connectivity index (χ2n) is 7.60. The van der Waals surface area contributed by atoms with Crippen LogP contribution in [0.4, 0.5) is 4.39 Å². The van der Waals surface area contributed by atoms with E-state index in [2.05, 4.69) is 5.32 Å². The van der Waals surface area contributed by atoms with Crippen LogP contribution in [0.3, 0.4) is 0 Å². The van der Waals surface area contributed by atoms with Crippen LogP contribution < -0.4 is 16.6 Å². The lowest BCUT2D eigenvalue weighted by atomic mass is 9.98. The molecular formula is C26H22FN3O3. The molecule has 1 atom stereocenters. The van der Waals surface area contributed by atoms with Crippen molar-refractivity contribution in [3.8, 4) is 0 Å². The molecule has 0 saturated carbocycles. The van der Waals surface area contributed by atoms with Gasteiger partial charge in [0.1, 0.15) is 12.4 Å². The van der Waals surface area contributed by atoms with E-state index in [9.17, 15) is 18.8 Å². The summed E-state index contributed by atoms with van der Waals surface area (Å²) in [6.07, 6.45) is 1.43. The van der Waals surface area contributed by atoms with Crippen LogP contribution in [-0.4, -0.2) is 15.0 Å². The summed E-state index contributed by atoms with van der Waals surface area (Å²) < 4.78 is 15.7. The molecule has 33 heavy (non-hydrogen) atoms. The molecule has 0 aliphatic carbocycles. The lowest BCUT2D eigenvalue weighted by molar-refractivity contribution is -0.122. The lowest BCUT2D eigenvalue weighted by Crippen LogP contribution is -2.43. The third-order valence-corrected chi connectivity index (χ3v) is 5.28. The standard InChI is InChI=1S/C26H22FN3O3/c27-22-13-11-21(12-14-22)25(20-9-5-2-6-10-20)28-23(31)18-30-24(32)15-16-29(26(30)33)17-19-7-3-1-4-8-19/h1-16,25H,17-18H2,(H,28,31). The molecule has 0 bridgehead atoms. The van der Waals surface area contributed by atoms with E-state index in [4.69, 9.17) is 0 Å². The number of carbonyl (C=O) groups is 1. The zero-order chi connectivity index (χ0) is 23.2. The summed E-state index contributed by atoms with van der Waals surface area (Å²) in [6.45, 7) is -0.151. The number of rotatable bonds is 7. The van der Waals surface area contributed by atoms with E-state index >= 15 is 0 Å². The number of carbonyl (C=O) groups excluding carboxylic acids is 1. The number of amides is 1. The molecule has 0 radical (unpaired) electrons. The summed E-state index contributed by atoms with van der Waals surface area (Å²) in [6, 6.07) is 25.1. The van der Waals surface area contributed by atoms with Crippen molar-refractivity contribution in [2.75, 3.05) is 0 Å². The fraction of sp³-hybridized carbons (Fsp3) is 0.115. The van der Waals surface area contributed by atoms with Gasteiger partial charge in [-0.3, -0.25) is 18.7 Å². The molecule has 0 spiro atoms. The quantitative estimate of drug-likeness (QED) is 0.477. The number of nitrogens with zero attached hydrogens (tertiary/aromatic N) is 2. The SMILES string of the molecule is O=C(Cn1c(=O)ccn(Cc2ccccc2)c1=O)NC(c1ccccc1)c1ccc(F)cc1. The van der Waals surface area contributed by atoms with Crippen molar-refractivity contribution in [2.45, 2.75) is 19.1 Å². The molecule has 4 rings (SSSR count). The van der Waals surface area contributed by atoms with Gasteiger partial charge < -0.3 is 5.32 Å². The minimum Gasteiger partial charge on any atom is -0.344 e. The third kappa shape index (κ3) is 5.33. The zero-order valence-electron chi connectivity index (χ0n) is 17.7. The number of aromatic nitrogens is 2. The van der Waals surface area contributed by atoms with Crippen molar-refractivity contribution in [1.82, 2.24) is 14.5 Å². The summed E-state index contributed by atoms with van der Waals surface area (Å²) in [5, 5.41) is 2.87. The predicted molar refractivity (Wildman–Crippen MR) is 123 cm³/mol. The number of benzene rings is 3. The molecule has 4 aromatic rings. The highest BCUT2D eigenvalue weighted by atomic mass is 19.1. The number of hydrogen-bond donors (Lipinski definition) is 1. The lowest BCUT2D eigenvalue weighted by Gasteiger charge is -2.20. The highest BCUT2D eigenvalue weighted by Gasteiger charge is 2.18. The second-order valence-corrected chi connectivity index (χ2v) is 7.60. The Morgan fingerprint density at radius 2 is 1.42 bits per heavy atom. The average Bonchev–Trinajstić information content (AvgIpc) is 2.84. The first kappa shape index (κ1) is 22.0. The van der Waals surface area contributed by atoms with Crippen LogP contribution >= 0.6 is 0 Å². The highest BCUT2D eigenvalue weighted by molar-refractivity contribution is 5.76. The average molecular weight is 443 g/mol. The fourth-order valence-electron chi connectivity index (χ4n) is 3.61. The van der Waals surface area contributed by atoms with Crippen molar-refractivity contribution < 1.29 is 9.18 Å². The van der Waals surface area contributed by atoms with E-state index in [-0.39, 0.29) is 12.4 Å². The summed E-state index contributed by atoms with van der Waals surface area (Å²) in [5.74, 6) is -0.892. The summed E-state index contributed by atoms with van der Waals surface area (Å²) in [4.78, 5) is 38.2. The van der Waals surface area contributed by atoms with Gasteiger partial charge in [-0.15, -0.1) is 0 Å². The molecule has 0 aliphatic heterocycles. The van der Waals surface area contributed by atoms with E-state index < -0.39 is 29.7 Å². The Hall–Kier alpha value is -4.26. The van der Waals surface area contributed by atoms with E-state index in [1.807, 2.05) is 60.7 Å². The molecule has 3 aromatic carbocycles. The minimum absolute atomic E-state index is 0.282. The summed E-state index contributed by atoms with van der Waals surface area (Å²) in [7, 11) is 0. The Kier molecular flexibility index (Phi) is 6.59. The Labute approximate surface area is 189 Å². The maximum absolute atomic E-state index is 13.4. The van der Waals surface area contributed by atoms with Crippen LogP contribution in [0.25, 0.3) is 0 Å². The molecule has 0 saturated heterocycles. The first-order valence-corrected chi connectivity index (χ1v) is 10.5. The zero-order valence-corrected chi connectivity index (χ0v) is 17.7. The summed E-state index contributed by atoms with van der Waals surface area (Å²) >= 11 is 0. The van der Waals surface area contributed by atoms with Gasteiger partial charge >= 0.3 is 5.69 Å². The molecule has 1 unspecified atom stereocenters. The van der Waals surface area contributed by atoms with Crippen molar-refractivity contribution in [3.05, 3.63) is 141 Å². The molecule has 166 valence electrons. The first-order chi connectivity index (χ1) is 16.0. The van der Waals surface area contributed by atoms with Crippen molar-refractivity contribution in [2.24, 2.45) is 0 Å². The monoisotopic (exact) mass is 443 g/mol. The van der Waals surface area contributed by atoms with Gasteiger partial charge in [0.05, 0.1) is 12.6 Å². The van der Waals surface area contributed by atoms with Crippen LogP contribution in [0.2, 0.25) is 0 Å². The Balaban J connectivity index is 1.59. The van der Waals surface area contributed by atoms with Gasteiger partial charge in [-0.05, 0) is 28.8 Å². The van der Waals surface area contributed by atoms with Gasteiger partial charge in [0.25, 0.3) is 5.56 Å². The maximum Gasteiger partial charge on any atom is 0.331 e. The normalized spacial score (nSPS) is 11.7. The molecule has 1 aromatic heterocycles. The van der Waals surface area contributed by atoms with E-state index in [0.717, 1.165) is 15.7 Å². The van der Waals surface area contributed by atoms with Gasteiger partial charge in [0.15, 0.2) is 0 Å². The van der Waals surface area contributed by atoms with E-state index in [1.165, 1.54) is 29.0 Å². The fourth-order valence-corrected chi connectivity index (χ4v) is 3.61. The molecule has 6 nitrogen and oxygen atoms in total. The van der Waals surface area contributed by atoms with Crippen LogP contribution in [0, 0.1) is 5.82 Å². The van der Waals surface area contributed by atoms with Crippen molar-refractivity contribution in [1.29, 1.82) is 0 Å². The van der Waals surface area contributed by atoms with Crippen molar-refractivity contribution in [3.63, 3.8) is 0 Å². The molecule has 1 N–H and O–H groups in total. The minimum atomic E-state index is -0.570. The Morgan fingerprint density at radius 1 is 0.818 bits per heavy atom. The number of hydrogen-bond acceptors (Lipinski definition) is 3. The first-order valence-electron chi connectivity index (χ1n) is 10.5. The largest absolute Gasteiger partial charge is 0.344 e. The van der Waals surface area contributed by atoms with E-state index in [1.54, 1.807) is 12.1 Å².